The van der Waals surface area contributed by atoms with Crippen LogP contribution in [0.4, 0.5) is 0 Å². The number of hydrogen-bond acceptors (Lipinski definition) is 3. The molecule has 0 aromatic heterocycles. The summed E-state index contributed by atoms with van der Waals surface area (Å²) in [5, 5.41) is 11.4. The van der Waals surface area contributed by atoms with Crippen molar-refractivity contribution in [1.82, 2.24) is 5.32 Å². The Bertz CT molecular complexity index is 173. The lowest BCUT2D eigenvalue weighted by Crippen LogP contribution is -2.36. The summed E-state index contributed by atoms with van der Waals surface area (Å²) < 4.78 is 5.30. The number of ether oxygens (including phenoxy) is 1. The minimum atomic E-state index is -0.0826. The maximum atomic E-state index is 11.3. The fraction of sp³-hybridized carbons (Fsp3) is 0.909. The highest BCUT2D eigenvalue weighted by molar-refractivity contribution is 5.77. The van der Waals surface area contributed by atoms with E-state index in [1.807, 2.05) is 20.8 Å². The Hall–Kier alpha value is -0.610. The highest BCUT2D eigenvalue weighted by atomic mass is 16.5. The Balaban J connectivity index is 3.55. The van der Waals surface area contributed by atoms with Crippen LogP contribution in [-0.2, 0) is 9.53 Å². The Morgan fingerprint density at radius 3 is 2.67 bits per heavy atom. The van der Waals surface area contributed by atoms with Crippen LogP contribution in [0.5, 0.6) is 0 Å². The van der Waals surface area contributed by atoms with Gasteiger partial charge in [-0.15, -0.1) is 0 Å². The zero-order valence-electron chi connectivity index (χ0n) is 9.95. The summed E-state index contributed by atoms with van der Waals surface area (Å²) in [4.78, 5) is 11.3. The van der Waals surface area contributed by atoms with Crippen molar-refractivity contribution < 1.29 is 14.6 Å². The number of carbonyl (C=O) groups excluding carboxylic acids is 1. The molecular weight excluding hydrogens is 194 g/mol. The van der Waals surface area contributed by atoms with Crippen LogP contribution in [0.1, 0.15) is 40.0 Å². The second kappa shape index (κ2) is 8.68. The number of amides is 1. The molecule has 15 heavy (non-hydrogen) atoms. The fourth-order valence-electron chi connectivity index (χ4n) is 1.12. The maximum absolute atomic E-state index is 11.3. The lowest BCUT2D eigenvalue weighted by Gasteiger charge is -2.15. The van der Waals surface area contributed by atoms with Crippen LogP contribution < -0.4 is 5.32 Å². The molecule has 0 spiro atoms. The Morgan fingerprint density at radius 1 is 1.47 bits per heavy atom. The van der Waals surface area contributed by atoms with Gasteiger partial charge in [0.1, 0.15) is 6.61 Å². The van der Waals surface area contributed by atoms with Gasteiger partial charge >= 0.3 is 0 Å². The van der Waals surface area contributed by atoms with E-state index in [2.05, 4.69) is 5.32 Å². The van der Waals surface area contributed by atoms with Crippen LogP contribution in [0.2, 0.25) is 0 Å². The topological polar surface area (TPSA) is 58.6 Å². The van der Waals surface area contributed by atoms with Gasteiger partial charge in [0.05, 0.1) is 6.10 Å². The van der Waals surface area contributed by atoms with E-state index < -0.39 is 0 Å². The van der Waals surface area contributed by atoms with E-state index in [0.717, 1.165) is 12.8 Å². The zero-order valence-corrected chi connectivity index (χ0v) is 9.95. The number of nitrogens with one attached hydrogen (secondary N) is 1. The van der Waals surface area contributed by atoms with E-state index in [9.17, 15) is 4.79 Å². The third-order valence-corrected chi connectivity index (χ3v) is 2.28. The first kappa shape index (κ1) is 14.4. The highest BCUT2D eigenvalue weighted by Gasteiger charge is 2.08. The van der Waals surface area contributed by atoms with Crippen LogP contribution in [0, 0.1) is 0 Å². The molecule has 4 nitrogen and oxygen atoms in total. The standard InChI is InChI=1S/C11H23NO3/c1-4-10(3)15-8-11(14)12-9(2)6-5-7-13/h9-10,13H,4-8H2,1-3H3,(H,12,14). The van der Waals surface area contributed by atoms with Crippen LogP contribution in [0.25, 0.3) is 0 Å². The van der Waals surface area contributed by atoms with Gasteiger partial charge in [0.25, 0.3) is 0 Å². The molecule has 4 heteroatoms. The number of carbonyl (C=O) groups is 1. The average molecular weight is 217 g/mol. The Labute approximate surface area is 92.0 Å². The van der Waals surface area contributed by atoms with E-state index >= 15 is 0 Å². The molecule has 0 radical (unpaired) electrons. The van der Waals surface area contributed by atoms with Crippen LogP contribution in [0.3, 0.4) is 0 Å². The summed E-state index contributed by atoms with van der Waals surface area (Å²) in [6, 6.07) is 0.102. The molecule has 0 aliphatic heterocycles. The molecule has 0 aromatic carbocycles. The van der Waals surface area contributed by atoms with Gasteiger partial charge in [-0.05, 0) is 33.1 Å². The van der Waals surface area contributed by atoms with Gasteiger partial charge in [-0.3, -0.25) is 4.79 Å². The van der Waals surface area contributed by atoms with Gasteiger partial charge in [0, 0.05) is 12.6 Å². The SMILES string of the molecule is CCC(C)OCC(=O)NC(C)CCCO. The maximum Gasteiger partial charge on any atom is 0.246 e. The summed E-state index contributed by atoms with van der Waals surface area (Å²) >= 11 is 0. The monoisotopic (exact) mass is 217 g/mol. The molecule has 0 bridgehead atoms. The molecular formula is C11H23NO3. The second-order valence-electron chi connectivity index (χ2n) is 3.86. The summed E-state index contributed by atoms with van der Waals surface area (Å²) in [7, 11) is 0. The van der Waals surface area contributed by atoms with Crippen molar-refractivity contribution in [3.05, 3.63) is 0 Å². The number of rotatable bonds is 8. The van der Waals surface area contributed by atoms with Gasteiger partial charge in [-0.1, -0.05) is 6.92 Å². The lowest BCUT2D eigenvalue weighted by atomic mass is 10.2. The van der Waals surface area contributed by atoms with Gasteiger partial charge in [-0.2, -0.15) is 0 Å². The molecule has 0 saturated carbocycles. The van der Waals surface area contributed by atoms with Gasteiger partial charge in [0.2, 0.25) is 5.91 Å². The molecule has 0 aliphatic carbocycles. The summed E-state index contributed by atoms with van der Waals surface area (Å²) in [6.45, 7) is 6.19. The normalized spacial score (nSPS) is 14.7. The Morgan fingerprint density at radius 2 is 2.13 bits per heavy atom. The molecule has 2 unspecified atom stereocenters. The van der Waals surface area contributed by atoms with Crippen molar-refractivity contribution in [3.63, 3.8) is 0 Å². The predicted molar refractivity (Wildman–Crippen MR) is 59.6 cm³/mol. The van der Waals surface area contributed by atoms with E-state index in [1.54, 1.807) is 0 Å². The first-order valence-electron chi connectivity index (χ1n) is 5.62. The van der Waals surface area contributed by atoms with Crippen LogP contribution >= 0.6 is 0 Å². The lowest BCUT2D eigenvalue weighted by molar-refractivity contribution is -0.128. The molecule has 90 valence electrons. The first-order chi connectivity index (χ1) is 7.10. The van der Waals surface area contributed by atoms with Gasteiger partial charge in [0.15, 0.2) is 0 Å². The molecule has 2 atom stereocenters. The minimum absolute atomic E-state index is 0.0826. The highest BCUT2D eigenvalue weighted by Crippen LogP contribution is 1.97. The number of hydrogen-bond donors (Lipinski definition) is 2. The van der Waals surface area contributed by atoms with E-state index in [0.29, 0.717) is 6.42 Å². The zero-order chi connectivity index (χ0) is 11.7. The van der Waals surface area contributed by atoms with Crippen molar-refractivity contribution in [2.24, 2.45) is 0 Å². The second-order valence-corrected chi connectivity index (χ2v) is 3.86. The van der Waals surface area contributed by atoms with Crippen molar-refractivity contribution in [2.75, 3.05) is 13.2 Å². The quantitative estimate of drug-likeness (QED) is 0.639. The van der Waals surface area contributed by atoms with E-state index in [4.69, 9.17) is 9.84 Å². The fourth-order valence-corrected chi connectivity index (χ4v) is 1.12. The third-order valence-electron chi connectivity index (χ3n) is 2.28. The average Bonchev–Trinajstić information content (AvgIpc) is 2.22. The molecule has 2 N–H and O–H groups in total. The summed E-state index contributed by atoms with van der Waals surface area (Å²) in [5.41, 5.74) is 0. The molecule has 0 heterocycles. The van der Waals surface area contributed by atoms with Crippen molar-refractivity contribution in [1.29, 1.82) is 0 Å². The summed E-state index contributed by atoms with van der Waals surface area (Å²) in [5.74, 6) is -0.0826. The molecule has 0 aromatic rings. The third kappa shape index (κ3) is 8.39. The molecule has 0 rings (SSSR count). The summed E-state index contributed by atoms with van der Waals surface area (Å²) in [6.07, 6.45) is 2.55. The Kier molecular flexibility index (Phi) is 8.33. The largest absolute Gasteiger partial charge is 0.396 e. The van der Waals surface area contributed by atoms with Crippen molar-refractivity contribution in [3.8, 4) is 0 Å². The van der Waals surface area contributed by atoms with Crippen molar-refractivity contribution in [2.45, 2.75) is 52.2 Å². The van der Waals surface area contributed by atoms with Gasteiger partial charge in [-0.25, -0.2) is 0 Å². The molecule has 1 amide bonds. The predicted octanol–water partition coefficient (Wildman–Crippen LogP) is 1.08. The van der Waals surface area contributed by atoms with Crippen molar-refractivity contribution >= 4 is 5.91 Å². The van der Waals surface area contributed by atoms with Crippen LogP contribution in [-0.4, -0.2) is 36.4 Å². The molecule has 0 aliphatic rings. The van der Waals surface area contributed by atoms with E-state index in [1.165, 1.54) is 0 Å². The van der Waals surface area contributed by atoms with Gasteiger partial charge < -0.3 is 15.2 Å². The van der Waals surface area contributed by atoms with Crippen LogP contribution in [0.15, 0.2) is 0 Å². The molecule has 0 fully saturated rings. The molecule has 0 saturated heterocycles. The first-order valence-corrected chi connectivity index (χ1v) is 5.62. The smallest absolute Gasteiger partial charge is 0.246 e. The van der Waals surface area contributed by atoms with E-state index in [-0.39, 0.29) is 31.3 Å². The minimum Gasteiger partial charge on any atom is -0.396 e. The number of aliphatic hydroxyl groups is 1. The number of aliphatic hydroxyl groups excluding tert-OH is 1.